The molecule has 17 heavy (non-hydrogen) atoms. The smallest absolute Gasteiger partial charge is 0.00248 e. The maximum Gasteiger partial charge on any atom is -0.00248 e. The molecule has 0 aromatic heterocycles. The Kier molecular flexibility index (Phi) is 33.4. The van der Waals surface area contributed by atoms with Crippen LogP contribution in [-0.4, -0.2) is 51.6 Å². The van der Waals surface area contributed by atoms with Crippen LogP contribution in [0, 0.1) is 0 Å². The van der Waals surface area contributed by atoms with Crippen molar-refractivity contribution < 1.29 is 0 Å². The largest absolute Gasteiger partial charge is 0.312 e. The SMILES string of the molecule is CCCCCCCCN(C)C.CN(C)C.Cl.Cl. The minimum Gasteiger partial charge on any atom is -0.312 e. The number of hydrogen-bond acceptors (Lipinski definition) is 2. The Bertz CT molecular complexity index is 107. The quantitative estimate of drug-likeness (QED) is 0.655. The summed E-state index contributed by atoms with van der Waals surface area (Å²) < 4.78 is 0. The van der Waals surface area contributed by atoms with E-state index in [0.717, 1.165) is 0 Å². The molecule has 0 atom stereocenters. The molecule has 0 spiro atoms. The Morgan fingerprint density at radius 2 is 1.00 bits per heavy atom. The number of rotatable bonds is 7. The molecule has 0 saturated heterocycles. The molecule has 0 saturated carbocycles. The molecule has 0 heterocycles. The van der Waals surface area contributed by atoms with Gasteiger partial charge in [0, 0.05) is 0 Å². The van der Waals surface area contributed by atoms with E-state index in [-0.39, 0.29) is 24.8 Å². The summed E-state index contributed by atoms with van der Waals surface area (Å²) in [5.74, 6) is 0. The van der Waals surface area contributed by atoms with Crippen LogP contribution in [0.1, 0.15) is 45.4 Å². The van der Waals surface area contributed by atoms with Gasteiger partial charge in [0.2, 0.25) is 0 Å². The van der Waals surface area contributed by atoms with Gasteiger partial charge in [-0.3, -0.25) is 0 Å². The van der Waals surface area contributed by atoms with Crippen LogP contribution in [-0.2, 0) is 0 Å². The molecule has 0 bridgehead atoms. The first kappa shape index (κ1) is 26.1. The van der Waals surface area contributed by atoms with E-state index in [9.17, 15) is 0 Å². The zero-order chi connectivity index (χ0) is 12.1. The third-order valence-corrected chi connectivity index (χ3v) is 1.96. The summed E-state index contributed by atoms with van der Waals surface area (Å²) in [7, 11) is 10.3. The normalized spacial score (nSPS) is 9.18. The van der Waals surface area contributed by atoms with Crippen LogP contribution >= 0.6 is 24.8 Å². The highest BCUT2D eigenvalue weighted by Crippen LogP contribution is 2.04. The average Bonchev–Trinajstić information content (AvgIpc) is 2.09. The second kappa shape index (κ2) is 21.8. The van der Waals surface area contributed by atoms with Crippen LogP contribution in [0.4, 0.5) is 0 Å². The molecule has 4 heteroatoms. The Balaban J connectivity index is -0.000000123. The maximum atomic E-state index is 2.26. The summed E-state index contributed by atoms with van der Waals surface area (Å²) >= 11 is 0. The Hall–Kier alpha value is 0.500. The molecule has 0 amide bonds. The topological polar surface area (TPSA) is 6.48 Å². The first-order valence-electron chi connectivity index (χ1n) is 6.26. The van der Waals surface area contributed by atoms with Crippen LogP contribution in [0.15, 0.2) is 0 Å². The molecule has 0 N–H and O–H groups in total. The Morgan fingerprint density at radius 3 is 1.35 bits per heavy atom. The predicted molar refractivity (Wildman–Crippen MR) is 86.0 cm³/mol. The number of nitrogens with zero attached hydrogens (tertiary/aromatic N) is 2. The molecule has 0 rings (SSSR count). The maximum absolute atomic E-state index is 2.26. The van der Waals surface area contributed by atoms with Crippen LogP contribution < -0.4 is 0 Å². The van der Waals surface area contributed by atoms with Gasteiger partial charge in [0.05, 0.1) is 0 Å². The summed E-state index contributed by atoms with van der Waals surface area (Å²) in [6.07, 6.45) is 8.43. The third kappa shape index (κ3) is 48.0. The van der Waals surface area contributed by atoms with Crippen molar-refractivity contribution in [1.82, 2.24) is 9.80 Å². The van der Waals surface area contributed by atoms with Crippen molar-refractivity contribution in [1.29, 1.82) is 0 Å². The van der Waals surface area contributed by atoms with E-state index < -0.39 is 0 Å². The fourth-order valence-corrected chi connectivity index (χ4v) is 1.21. The number of hydrogen-bond donors (Lipinski definition) is 0. The van der Waals surface area contributed by atoms with Crippen LogP contribution in [0.25, 0.3) is 0 Å². The molecule has 0 aromatic rings. The van der Waals surface area contributed by atoms with Gasteiger partial charge in [0.25, 0.3) is 0 Å². The zero-order valence-corrected chi connectivity index (χ0v) is 14.3. The summed E-state index contributed by atoms with van der Waals surface area (Å²) in [5.41, 5.74) is 0. The molecular weight excluding hydrogens is 255 g/mol. The lowest BCUT2D eigenvalue weighted by atomic mass is 10.1. The molecule has 0 aliphatic carbocycles. The number of unbranched alkanes of at least 4 members (excludes halogenated alkanes) is 5. The van der Waals surface area contributed by atoms with E-state index in [2.05, 4.69) is 25.9 Å². The first-order valence-corrected chi connectivity index (χ1v) is 6.26. The molecular formula is C13H34Cl2N2. The second-order valence-corrected chi connectivity index (χ2v) is 4.91. The summed E-state index contributed by atoms with van der Waals surface area (Å²) in [4.78, 5) is 4.26. The van der Waals surface area contributed by atoms with Gasteiger partial charge in [-0.2, -0.15) is 0 Å². The van der Waals surface area contributed by atoms with Gasteiger partial charge < -0.3 is 9.80 Å². The van der Waals surface area contributed by atoms with E-state index in [1.165, 1.54) is 45.1 Å². The van der Waals surface area contributed by atoms with E-state index >= 15 is 0 Å². The van der Waals surface area contributed by atoms with Crippen molar-refractivity contribution >= 4 is 24.8 Å². The van der Waals surface area contributed by atoms with E-state index in [0.29, 0.717) is 0 Å². The fourth-order valence-electron chi connectivity index (χ4n) is 1.21. The highest BCUT2D eigenvalue weighted by molar-refractivity contribution is 5.85. The molecule has 0 unspecified atom stereocenters. The third-order valence-electron chi connectivity index (χ3n) is 1.96. The van der Waals surface area contributed by atoms with Crippen molar-refractivity contribution in [2.45, 2.75) is 45.4 Å². The fraction of sp³-hybridized carbons (Fsp3) is 1.00. The first-order chi connectivity index (χ1) is 7.00. The summed E-state index contributed by atoms with van der Waals surface area (Å²) in [6, 6.07) is 0. The standard InChI is InChI=1S/C10H23N.C3H9N.2ClH/c1-4-5-6-7-8-9-10-11(2)3;1-4(2)3;;/h4-10H2,1-3H3;1-3H3;2*1H. The van der Waals surface area contributed by atoms with E-state index in [1.54, 1.807) is 0 Å². The lowest BCUT2D eigenvalue weighted by molar-refractivity contribution is 0.389. The van der Waals surface area contributed by atoms with E-state index in [4.69, 9.17) is 0 Å². The molecule has 110 valence electrons. The van der Waals surface area contributed by atoms with Gasteiger partial charge in [-0.1, -0.05) is 39.0 Å². The van der Waals surface area contributed by atoms with Crippen molar-refractivity contribution in [2.24, 2.45) is 0 Å². The molecule has 2 nitrogen and oxygen atoms in total. The van der Waals surface area contributed by atoms with E-state index in [1.807, 2.05) is 26.0 Å². The van der Waals surface area contributed by atoms with Crippen molar-refractivity contribution in [3.63, 3.8) is 0 Å². The molecule has 0 aliphatic heterocycles. The molecule has 0 aromatic carbocycles. The minimum absolute atomic E-state index is 0. The average molecular weight is 289 g/mol. The van der Waals surface area contributed by atoms with Gasteiger partial charge in [-0.15, -0.1) is 24.8 Å². The molecule has 0 radical (unpaired) electrons. The van der Waals surface area contributed by atoms with Gasteiger partial charge in [0.1, 0.15) is 0 Å². The molecule has 0 aliphatic rings. The van der Waals surface area contributed by atoms with Crippen molar-refractivity contribution in [3.8, 4) is 0 Å². The van der Waals surface area contributed by atoms with Gasteiger partial charge >= 0.3 is 0 Å². The highest BCUT2D eigenvalue weighted by Gasteiger charge is 1.90. The van der Waals surface area contributed by atoms with Crippen molar-refractivity contribution in [3.05, 3.63) is 0 Å². The lowest BCUT2D eigenvalue weighted by Crippen LogP contribution is -2.12. The van der Waals surface area contributed by atoms with Crippen LogP contribution in [0.5, 0.6) is 0 Å². The second-order valence-electron chi connectivity index (χ2n) is 4.91. The van der Waals surface area contributed by atoms with Crippen LogP contribution in [0.3, 0.4) is 0 Å². The Morgan fingerprint density at radius 1 is 0.647 bits per heavy atom. The Labute approximate surface area is 122 Å². The highest BCUT2D eigenvalue weighted by atomic mass is 35.5. The number of halogens is 2. The monoisotopic (exact) mass is 288 g/mol. The molecule has 0 fully saturated rings. The van der Waals surface area contributed by atoms with Gasteiger partial charge in [0.15, 0.2) is 0 Å². The predicted octanol–water partition coefficient (Wildman–Crippen LogP) is 3.93. The van der Waals surface area contributed by atoms with Gasteiger partial charge in [-0.05, 0) is 48.2 Å². The lowest BCUT2D eigenvalue weighted by Gasteiger charge is -2.08. The zero-order valence-electron chi connectivity index (χ0n) is 12.7. The van der Waals surface area contributed by atoms with Crippen LogP contribution in [0.2, 0.25) is 0 Å². The summed E-state index contributed by atoms with van der Waals surface area (Å²) in [5, 5.41) is 0. The summed E-state index contributed by atoms with van der Waals surface area (Å²) in [6.45, 7) is 3.52. The van der Waals surface area contributed by atoms with Gasteiger partial charge in [-0.25, -0.2) is 0 Å². The minimum atomic E-state index is 0. The van der Waals surface area contributed by atoms with Crippen molar-refractivity contribution in [2.75, 3.05) is 41.8 Å².